The number of carbonyl (C=O) groups is 2. The average molecular weight is 425 g/mol. The third kappa shape index (κ3) is 3.98. The highest BCUT2D eigenvalue weighted by Gasteiger charge is 2.25. The molecule has 0 unspecified atom stereocenters. The van der Waals surface area contributed by atoms with Crippen molar-refractivity contribution in [2.45, 2.75) is 25.8 Å². The number of likely N-dealkylation sites (tertiary alicyclic amines) is 1. The topological polar surface area (TPSA) is 113 Å². The van der Waals surface area contributed by atoms with Crippen LogP contribution in [0.5, 0.6) is 5.75 Å². The van der Waals surface area contributed by atoms with Crippen LogP contribution in [0.1, 0.15) is 34.3 Å². The third-order valence-corrected chi connectivity index (χ3v) is 5.44. The first-order valence-electron chi connectivity index (χ1n) is 9.85. The van der Waals surface area contributed by atoms with Gasteiger partial charge < -0.3 is 19.7 Å². The molecule has 1 aromatic carbocycles. The summed E-state index contributed by atoms with van der Waals surface area (Å²) >= 11 is 0. The first kappa shape index (κ1) is 20.5. The molecule has 0 spiro atoms. The van der Waals surface area contributed by atoms with Gasteiger partial charge in [0.15, 0.2) is 11.3 Å². The number of hydrogen-bond acceptors (Lipinski definition) is 5. The first-order chi connectivity index (χ1) is 14.8. The molecular weight excluding hydrogens is 405 g/mol. The van der Waals surface area contributed by atoms with Crippen molar-refractivity contribution in [2.75, 3.05) is 13.1 Å². The molecule has 160 valence electrons. The number of fused-ring (bicyclic) bond motifs is 1. The molecule has 1 aliphatic rings. The van der Waals surface area contributed by atoms with Gasteiger partial charge in [-0.05, 0) is 42.2 Å². The zero-order chi connectivity index (χ0) is 22.1. The van der Waals surface area contributed by atoms with Gasteiger partial charge in [-0.1, -0.05) is 12.1 Å². The van der Waals surface area contributed by atoms with Crippen LogP contribution in [0.15, 0.2) is 41.3 Å². The zero-order valence-corrected chi connectivity index (χ0v) is 16.5. The highest BCUT2D eigenvalue weighted by Crippen LogP contribution is 2.26. The summed E-state index contributed by atoms with van der Waals surface area (Å²) in [5, 5.41) is 19.8. The Morgan fingerprint density at radius 2 is 1.87 bits per heavy atom. The van der Waals surface area contributed by atoms with Crippen molar-refractivity contribution < 1.29 is 24.2 Å². The summed E-state index contributed by atoms with van der Waals surface area (Å²) in [6, 6.07) is 7.62. The van der Waals surface area contributed by atoms with Gasteiger partial charge in [0.05, 0.1) is 5.52 Å². The van der Waals surface area contributed by atoms with E-state index in [0.717, 1.165) is 12.0 Å². The molecule has 0 aliphatic carbocycles. The maximum absolute atomic E-state index is 13.2. The second-order valence-electron chi connectivity index (χ2n) is 7.48. The van der Waals surface area contributed by atoms with Crippen LogP contribution in [0.2, 0.25) is 0 Å². The van der Waals surface area contributed by atoms with Crippen molar-refractivity contribution in [1.29, 1.82) is 0 Å². The van der Waals surface area contributed by atoms with E-state index in [1.54, 1.807) is 23.1 Å². The number of aromatic hydroxyl groups is 1. The predicted octanol–water partition coefficient (Wildman–Crippen LogP) is 2.15. The molecular formula is C22H20FN3O5. The molecule has 0 atom stereocenters. The van der Waals surface area contributed by atoms with Crippen LogP contribution in [-0.2, 0) is 17.8 Å². The fraction of sp³-hybridized carbons (Fsp3) is 0.273. The number of aromatic nitrogens is 2. The molecule has 2 aromatic heterocycles. The third-order valence-electron chi connectivity index (χ3n) is 5.44. The lowest BCUT2D eigenvalue weighted by Crippen LogP contribution is -2.34. The predicted molar refractivity (Wildman–Crippen MR) is 110 cm³/mol. The minimum absolute atomic E-state index is 0.00685. The summed E-state index contributed by atoms with van der Waals surface area (Å²) in [6.45, 7) is 0.909. The Morgan fingerprint density at radius 1 is 1.13 bits per heavy atom. The molecule has 3 heterocycles. The Morgan fingerprint density at radius 3 is 2.52 bits per heavy atom. The molecule has 1 aliphatic heterocycles. The molecule has 1 amide bonds. The molecule has 4 rings (SSSR count). The van der Waals surface area contributed by atoms with E-state index in [9.17, 15) is 29.0 Å². The van der Waals surface area contributed by atoms with Gasteiger partial charge in [-0.3, -0.25) is 14.6 Å². The number of rotatable bonds is 6. The lowest BCUT2D eigenvalue weighted by molar-refractivity contribution is -0.127. The number of carboxylic acid groups (broad SMARTS) is 1. The van der Waals surface area contributed by atoms with Gasteiger partial charge >= 0.3 is 5.97 Å². The van der Waals surface area contributed by atoms with Crippen molar-refractivity contribution in [3.05, 3.63) is 69.4 Å². The van der Waals surface area contributed by atoms with Gasteiger partial charge in [0.25, 0.3) is 5.56 Å². The molecule has 2 N–H and O–H groups in total. The number of aromatic carboxylic acids is 1. The molecule has 0 bridgehead atoms. The Hall–Kier alpha value is -3.75. The summed E-state index contributed by atoms with van der Waals surface area (Å²) < 4.78 is 14.4. The average Bonchev–Trinajstić information content (AvgIpc) is 3.14. The first-order valence-corrected chi connectivity index (χ1v) is 9.85. The van der Waals surface area contributed by atoms with Gasteiger partial charge in [-0.2, -0.15) is 0 Å². The van der Waals surface area contributed by atoms with Crippen LogP contribution in [0.25, 0.3) is 11.0 Å². The fourth-order valence-corrected chi connectivity index (χ4v) is 3.86. The van der Waals surface area contributed by atoms with Gasteiger partial charge in [-0.15, -0.1) is 0 Å². The van der Waals surface area contributed by atoms with E-state index < -0.39 is 22.8 Å². The molecule has 0 saturated carbocycles. The molecule has 8 nitrogen and oxygen atoms in total. The van der Waals surface area contributed by atoms with Crippen molar-refractivity contribution in [3.8, 4) is 5.75 Å². The number of halogens is 1. The van der Waals surface area contributed by atoms with Crippen LogP contribution in [0, 0.1) is 5.82 Å². The largest absolute Gasteiger partial charge is 0.505 e. The maximum atomic E-state index is 13.2. The SMILES string of the molecule is O=C(O)c1c(O)c2ncc(Cc3ccc(F)cc3)cc2n(CCN2CCCC2=O)c1=O. The minimum Gasteiger partial charge on any atom is -0.505 e. The molecule has 9 heteroatoms. The van der Waals surface area contributed by atoms with Crippen LogP contribution in [0.4, 0.5) is 4.39 Å². The number of hydrogen-bond donors (Lipinski definition) is 2. The van der Waals surface area contributed by atoms with E-state index >= 15 is 0 Å². The van der Waals surface area contributed by atoms with Gasteiger partial charge in [0.2, 0.25) is 5.91 Å². The van der Waals surface area contributed by atoms with Crippen LogP contribution in [0.3, 0.4) is 0 Å². The van der Waals surface area contributed by atoms with Crippen LogP contribution >= 0.6 is 0 Å². The lowest BCUT2D eigenvalue weighted by atomic mass is 10.1. The number of carbonyl (C=O) groups excluding carboxylic acids is 1. The zero-order valence-electron chi connectivity index (χ0n) is 16.5. The molecule has 0 radical (unpaired) electrons. The number of carboxylic acids is 1. The Kier molecular flexibility index (Phi) is 5.41. The highest BCUT2D eigenvalue weighted by atomic mass is 19.1. The maximum Gasteiger partial charge on any atom is 0.345 e. The standard InChI is InChI=1S/C22H20FN3O5/c23-15-5-3-13(4-6-15)10-14-11-16-19(24-12-14)20(28)18(22(30)31)21(29)26(16)9-8-25-7-1-2-17(25)27/h3-6,11-12,28H,1-2,7-10H2,(H,30,31). The Labute approximate surface area is 176 Å². The van der Waals surface area contributed by atoms with E-state index in [4.69, 9.17) is 0 Å². The quantitative estimate of drug-likeness (QED) is 0.626. The Balaban J connectivity index is 1.78. The molecule has 1 fully saturated rings. The number of pyridine rings is 2. The van der Waals surface area contributed by atoms with Crippen molar-refractivity contribution in [3.63, 3.8) is 0 Å². The summed E-state index contributed by atoms with van der Waals surface area (Å²) in [4.78, 5) is 42.2. The smallest absolute Gasteiger partial charge is 0.345 e. The van der Waals surface area contributed by atoms with E-state index in [2.05, 4.69) is 4.98 Å². The molecule has 31 heavy (non-hydrogen) atoms. The monoisotopic (exact) mass is 425 g/mol. The molecule has 3 aromatic rings. The summed E-state index contributed by atoms with van der Waals surface area (Å²) in [5.41, 5.74) is 0.188. The second kappa shape index (κ2) is 8.17. The van der Waals surface area contributed by atoms with Crippen LogP contribution < -0.4 is 5.56 Å². The second-order valence-corrected chi connectivity index (χ2v) is 7.48. The normalized spacial score (nSPS) is 13.8. The van der Waals surface area contributed by atoms with Gasteiger partial charge in [0, 0.05) is 32.3 Å². The van der Waals surface area contributed by atoms with Gasteiger partial charge in [-0.25, -0.2) is 9.18 Å². The van der Waals surface area contributed by atoms with Crippen molar-refractivity contribution in [2.24, 2.45) is 0 Å². The lowest BCUT2D eigenvalue weighted by Gasteiger charge is -2.18. The Bertz CT molecular complexity index is 1240. The summed E-state index contributed by atoms with van der Waals surface area (Å²) in [7, 11) is 0. The van der Waals surface area contributed by atoms with E-state index in [1.807, 2.05) is 0 Å². The van der Waals surface area contributed by atoms with E-state index in [1.165, 1.54) is 22.9 Å². The van der Waals surface area contributed by atoms with E-state index in [-0.39, 0.29) is 35.8 Å². The summed E-state index contributed by atoms with van der Waals surface area (Å²) in [5.74, 6) is -2.59. The minimum atomic E-state index is -1.55. The van der Waals surface area contributed by atoms with Gasteiger partial charge in [0.1, 0.15) is 11.3 Å². The number of benzene rings is 1. The molecule has 1 saturated heterocycles. The van der Waals surface area contributed by atoms with Crippen molar-refractivity contribution >= 4 is 22.9 Å². The highest BCUT2D eigenvalue weighted by molar-refractivity contribution is 5.97. The fourth-order valence-electron chi connectivity index (χ4n) is 3.86. The van der Waals surface area contributed by atoms with Crippen LogP contribution in [-0.4, -0.2) is 49.6 Å². The van der Waals surface area contributed by atoms with Crippen molar-refractivity contribution in [1.82, 2.24) is 14.5 Å². The summed E-state index contributed by atoms with van der Waals surface area (Å²) in [6.07, 6.45) is 3.09. The van der Waals surface area contributed by atoms with E-state index in [0.29, 0.717) is 24.9 Å². The number of nitrogens with zero attached hydrogens (tertiary/aromatic N) is 3. The number of amides is 1.